The van der Waals surface area contributed by atoms with Gasteiger partial charge in [-0.1, -0.05) is 12.1 Å². The molecule has 140 valence electrons. The quantitative estimate of drug-likeness (QED) is 0.750. The standard InChI is InChI=1S/C18H17N3O5S/c1-21-8-4-6-12(21)17(24)20-15(22)10-26-16(23)9-14-18(25)19-11-5-2-3-7-13(11)27-14/h2-8,14H,9-10H2,1H3,(H,19,25)(H,20,22,24)/t14-/m0/s1. The number of esters is 1. The monoisotopic (exact) mass is 387 g/mol. The Morgan fingerprint density at radius 2 is 2.00 bits per heavy atom. The summed E-state index contributed by atoms with van der Waals surface area (Å²) in [7, 11) is 1.67. The number of amides is 3. The van der Waals surface area contributed by atoms with Crippen molar-refractivity contribution < 1.29 is 23.9 Å². The molecule has 2 heterocycles. The van der Waals surface area contributed by atoms with Crippen LogP contribution < -0.4 is 10.6 Å². The van der Waals surface area contributed by atoms with Crippen LogP contribution >= 0.6 is 11.8 Å². The van der Waals surface area contributed by atoms with Gasteiger partial charge < -0.3 is 14.6 Å². The Labute approximate surface area is 159 Å². The lowest BCUT2D eigenvalue weighted by Crippen LogP contribution is -2.36. The first-order valence-corrected chi connectivity index (χ1v) is 8.99. The molecule has 2 aromatic rings. The van der Waals surface area contributed by atoms with Gasteiger partial charge in [-0.3, -0.25) is 24.5 Å². The van der Waals surface area contributed by atoms with E-state index in [1.54, 1.807) is 36.0 Å². The number of nitrogens with zero attached hydrogens (tertiary/aromatic N) is 1. The number of imide groups is 1. The predicted octanol–water partition coefficient (Wildman–Crippen LogP) is 1.33. The highest BCUT2D eigenvalue weighted by Crippen LogP contribution is 2.36. The number of thioether (sulfide) groups is 1. The van der Waals surface area contributed by atoms with Gasteiger partial charge in [0.25, 0.3) is 11.8 Å². The largest absolute Gasteiger partial charge is 0.456 e. The second-order valence-corrected chi connectivity index (χ2v) is 7.08. The Morgan fingerprint density at radius 3 is 2.74 bits per heavy atom. The lowest BCUT2D eigenvalue weighted by Gasteiger charge is -2.23. The van der Waals surface area contributed by atoms with Crippen LogP contribution in [-0.2, 0) is 26.2 Å². The van der Waals surface area contributed by atoms with Gasteiger partial charge in [0, 0.05) is 18.1 Å². The van der Waals surface area contributed by atoms with Crippen molar-refractivity contribution in [3.8, 4) is 0 Å². The van der Waals surface area contributed by atoms with Crippen molar-refractivity contribution in [3.63, 3.8) is 0 Å². The first-order valence-electron chi connectivity index (χ1n) is 8.11. The third-order valence-electron chi connectivity index (χ3n) is 3.85. The first-order chi connectivity index (χ1) is 12.9. The molecule has 0 bridgehead atoms. The maximum Gasteiger partial charge on any atom is 0.307 e. The van der Waals surface area contributed by atoms with Gasteiger partial charge in [-0.25, -0.2) is 0 Å². The molecule has 0 radical (unpaired) electrons. The Kier molecular flexibility index (Phi) is 5.60. The van der Waals surface area contributed by atoms with Gasteiger partial charge >= 0.3 is 5.97 Å². The maximum atomic E-state index is 12.1. The van der Waals surface area contributed by atoms with Crippen molar-refractivity contribution in [3.05, 3.63) is 48.3 Å². The van der Waals surface area contributed by atoms with E-state index in [9.17, 15) is 19.2 Å². The number of carbonyl (C=O) groups excluding carboxylic acids is 4. The average Bonchev–Trinajstić information content (AvgIpc) is 3.07. The molecule has 0 saturated carbocycles. The molecular formula is C18H17N3O5S. The second kappa shape index (κ2) is 8.09. The number of benzene rings is 1. The molecule has 9 heteroatoms. The SMILES string of the molecule is Cn1cccc1C(=O)NC(=O)COC(=O)C[C@@H]1Sc2ccccc2NC1=O. The van der Waals surface area contributed by atoms with E-state index in [1.165, 1.54) is 11.8 Å². The van der Waals surface area contributed by atoms with Crippen LogP contribution in [0.15, 0.2) is 47.5 Å². The fourth-order valence-corrected chi connectivity index (χ4v) is 3.60. The summed E-state index contributed by atoms with van der Waals surface area (Å²) in [5.41, 5.74) is 1.01. The minimum atomic E-state index is -0.736. The Hall–Kier alpha value is -3.07. The smallest absolute Gasteiger partial charge is 0.307 e. The molecule has 0 spiro atoms. The number of ether oxygens (including phenoxy) is 1. The molecule has 3 rings (SSSR count). The van der Waals surface area contributed by atoms with Gasteiger partial charge in [0.1, 0.15) is 5.69 Å². The summed E-state index contributed by atoms with van der Waals surface area (Å²) in [4.78, 5) is 48.6. The van der Waals surface area contributed by atoms with Gasteiger partial charge in [0.05, 0.1) is 17.4 Å². The zero-order chi connectivity index (χ0) is 19.4. The van der Waals surface area contributed by atoms with E-state index < -0.39 is 29.6 Å². The summed E-state index contributed by atoms with van der Waals surface area (Å²) in [5, 5.41) is 4.24. The minimum absolute atomic E-state index is 0.177. The fourth-order valence-electron chi connectivity index (χ4n) is 2.51. The van der Waals surface area contributed by atoms with Crippen LogP contribution in [0.5, 0.6) is 0 Å². The van der Waals surface area contributed by atoms with E-state index in [0.29, 0.717) is 11.4 Å². The summed E-state index contributed by atoms with van der Waals surface area (Å²) in [6.07, 6.45) is 1.49. The molecule has 8 nitrogen and oxygen atoms in total. The van der Waals surface area contributed by atoms with Crippen LogP contribution in [0.25, 0.3) is 0 Å². The summed E-state index contributed by atoms with van der Waals surface area (Å²) in [6.45, 7) is -0.593. The number of aryl methyl sites for hydroxylation is 1. The molecule has 0 saturated heterocycles. The molecule has 0 fully saturated rings. The van der Waals surface area contributed by atoms with E-state index in [1.807, 2.05) is 18.2 Å². The van der Waals surface area contributed by atoms with Gasteiger partial charge in [-0.2, -0.15) is 0 Å². The Balaban J connectivity index is 1.47. The van der Waals surface area contributed by atoms with E-state index in [4.69, 9.17) is 4.74 Å². The van der Waals surface area contributed by atoms with Crippen molar-refractivity contribution in [2.24, 2.45) is 7.05 Å². The lowest BCUT2D eigenvalue weighted by molar-refractivity contribution is -0.148. The molecule has 2 N–H and O–H groups in total. The maximum absolute atomic E-state index is 12.1. The average molecular weight is 387 g/mol. The normalized spacial score (nSPS) is 15.4. The predicted molar refractivity (Wildman–Crippen MR) is 98.2 cm³/mol. The fraction of sp³-hybridized carbons (Fsp3) is 0.222. The summed E-state index contributed by atoms with van der Waals surface area (Å²) >= 11 is 1.27. The summed E-state index contributed by atoms with van der Waals surface area (Å²) in [5.74, 6) is -2.30. The van der Waals surface area contributed by atoms with Gasteiger partial charge in [-0.15, -0.1) is 11.8 Å². The Bertz CT molecular complexity index is 908. The van der Waals surface area contributed by atoms with Crippen molar-refractivity contribution in [2.75, 3.05) is 11.9 Å². The van der Waals surface area contributed by atoms with Gasteiger partial charge in [0.2, 0.25) is 5.91 Å². The molecular weight excluding hydrogens is 370 g/mol. The molecule has 1 atom stereocenters. The molecule has 1 aliphatic heterocycles. The topological polar surface area (TPSA) is 106 Å². The number of nitrogens with one attached hydrogen (secondary N) is 2. The lowest BCUT2D eigenvalue weighted by atomic mass is 10.2. The number of fused-ring (bicyclic) bond motifs is 1. The van der Waals surface area contributed by atoms with Crippen molar-refractivity contribution in [2.45, 2.75) is 16.6 Å². The number of carbonyl (C=O) groups is 4. The molecule has 1 aromatic carbocycles. The highest BCUT2D eigenvalue weighted by atomic mass is 32.2. The summed E-state index contributed by atoms with van der Waals surface area (Å²) < 4.78 is 6.45. The Morgan fingerprint density at radius 1 is 1.22 bits per heavy atom. The van der Waals surface area contributed by atoms with Crippen LogP contribution in [0.2, 0.25) is 0 Å². The number of hydrogen-bond acceptors (Lipinski definition) is 6. The number of rotatable bonds is 5. The first kappa shape index (κ1) is 18.7. The third-order valence-corrected chi connectivity index (χ3v) is 5.13. The number of para-hydroxylation sites is 1. The van der Waals surface area contributed by atoms with Crippen molar-refractivity contribution in [1.29, 1.82) is 0 Å². The zero-order valence-corrected chi connectivity index (χ0v) is 15.2. The molecule has 27 heavy (non-hydrogen) atoms. The summed E-state index contributed by atoms with van der Waals surface area (Å²) in [6, 6.07) is 10.5. The van der Waals surface area contributed by atoms with E-state index in [0.717, 1.165) is 4.90 Å². The van der Waals surface area contributed by atoms with E-state index in [2.05, 4.69) is 10.6 Å². The van der Waals surface area contributed by atoms with Crippen LogP contribution in [0.3, 0.4) is 0 Å². The number of hydrogen-bond donors (Lipinski definition) is 2. The molecule has 1 aliphatic rings. The molecule has 0 aliphatic carbocycles. The van der Waals surface area contributed by atoms with Crippen LogP contribution in [-0.4, -0.2) is 40.1 Å². The van der Waals surface area contributed by atoms with E-state index in [-0.39, 0.29) is 12.3 Å². The number of aromatic nitrogens is 1. The van der Waals surface area contributed by atoms with Crippen molar-refractivity contribution in [1.82, 2.24) is 9.88 Å². The second-order valence-electron chi connectivity index (χ2n) is 5.84. The minimum Gasteiger partial charge on any atom is -0.456 e. The van der Waals surface area contributed by atoms with Crippen LogP contribution in [0.1, 0.15) is 16.9 Å². The zero-order valence-electron chi connectivity index (χ0n) is 14.4. The van der Waals surface area contributed by atoms with Gasteiger partial charge in [0.15, 0.2) is 6.61 Å². The van der Waals surface area contributed by atoms with Crippen molar-refractivity contribution >= 4 is 41.1 Å². The van der Waals surface area contributed by atoms with E-state index >= 15 is 0 Å². The highest BCUT2D eigenvalue weighted by Gasteiger charge is 2.29. The van der Waals surface area contributed by atoms with Gasteiger partial charge in [-0.05, 0) is 24.3 Å². The highest BCUT2D eigenvalue weighted by molar-refractivity contribution is 8.01. The molecule has 0 unspecified atom stereocenters. The molecule has 1 aromatic heterocycles. The van der Waals surface area contributed by atoms with Crippen LogP contribution in [0.4, 0.5) is 5.69 Å². The number of anilines is 1. The third kappa shape index (κ3) is 4.56. The van der Waals surface area contributed by atoms with Crippen LogP contribution in [0, 0.1) is 0 Å². The molecule has 3 amide bonds.